The molecule has 4 aromatic carbocycles. The number of hydrogen-bond acceptors (Lipinski definition) is 1. The second-order valence-electron chi connectivity index (χ2n) is 10.1. The molecular weight excluding hydrogens is 400 g/mol. The van der Waals surface area contributed by atoms with Gasteiger partial charge in [0.05, 0.1) is 0 Å². The highest BCUT2D eigenvalue weighted by atomic mass is 16.5. The third-order valence-corrected chi connectivity index (χ3v) is 6.93. The van der Waals surface area contributed by atoms with Crippen LogP contribution in [0.2, 0.25) is 0 Å². The Morgan fingerprint density at radius 2 is 0.636 bits per heavy atom. The molecule has 0 radical (unpaired) electrons. The molecule has 1 nitrogen and oxygen atoms in total. The fourth-order valence-electron chi connectivity index (χ4n) is 4.29. The van der Waals surface area contributed by atoms with Crippen LogP contribution in [0.1, 0.15) is 61.1 Å². The van der Waals surface area contributed by atoms with Crippen LogP contribution in [0.25, 0.3) is 0 Å². The molecular formula is C32H34O. The van der Waals surface area contributed by atoms with Crippen molar-refractivity contribution in [3.05, 3.63) is 130 Å². The molecule has 4 aromatic rings. The Kier molecular flexibility index (Phi) is 6.17. The van der Waals surface area contributed by atoms with Gasteiger partial charge in [0.15, 0.2) is 0 Å². The summed E-state index contributed by atoms with van der Waals surface area (Å²) in [6.07, 6.45) is 0. The van der Waals surface area contributed by atoms with Gasteiger partial charge in [0.2, 0.25) is 0 Å². The molecule has 1 heteroatoms. The summed E-state index contributed by atoms with van der Waals surface area (Å²) in [6, 6.07) is 34.6. The van der Waals surface area contributed by atoms with E-state index in [2.05, 4.69) is 126 Å². The summed E-state index contributed by atoms with van der Waals surface area (Å²) in [7, 11) is 0. The van der Waals surface area contributed by atoms with Gasteiger partial charge in [-0.25, -0.2) is 0 Å². The minimum Gasteiger partial charge on any atom is -0.457 e. The van der Waals surface area contributed by atoms with Crippen molar-refractivity contribution < 1.29 is 4.74 Å². The molecule has 0 aliphatic heterocycles. The maximum Gasteiger partial charge on any atom is 0.127 e. The molecule has 0 aromatic heterocycles. The van der Waals surface area contributed by atoms with Crippen LogP contribution in [0.3, 0.4) is 0 Å². The van der Waals surface area contributed by atoms with Gasteiger partial charge >= 0.3 is 0 Å². The predicted molar refractivity (Wildman–Crippen MR) is 140 cm³/mol. The Balaban J connectivity index is 1.53. The van der Waals surface area contributed by atoms with E-state index in [0.717, 1.165) is 11.5 Å². The highest BCUT2D eigenvalue weighted by Gasteiger charge is 2.26. The summed E-state index contributed by atoms with van der Waals surface area (Å²) in [5.41, 5.74) is 7.62. The number of hydrogen-bond donors (Lipinski definition) is 0. The fraction of sp³-hybridized carbons (Fsp3) is 0.250. The molecule has 0 bridgehead atoms. The van der Waals surface area contributed by atoms with Crippen molar-refractivity contribution in [1.29, 1.82) is 0 Å². The summed E-state index contributed by atoms with van der Waals surface area (Å²) in [4.78, 5) is 0. The van der Waals surface area contributed by atoms with Crippen molar-refractivity contribution in [2.45, 2.75) is 52.4 Å². The van der Waals surface area contributed by atoms with Crippen molar-refractivity contribution >= 4 is 0 Å². The van der Waals surface area contributed by atoms with Gasteiger partial charge in [0.1, 0.15) is 11.5 Å². The van der Waals surface area contributed by atoms with Crippen LogP contribution in [-0.2, 0) is 10.8 Å². The van der Waals surface area contributed by atoms with Crippen LogP contribution in [0, 0.1) is 13.8 Å². The Hall–Kier alpha value is -3.32. The number of ether oxygens (including phenoxy) is 1. The minimum atomic E-state index is -0.102. The molecule has 0 amide bonds. The van der Waals surface area contributed by atoms with Crippen LogP contribution in [0.15, 0.2) is 97.1 Å². The largest absolute Gasteiger partial charge is 0.457 e. The molecule has 33 heavy (non-hydrogen) atoms. The zero-order valence-electron chi connectivity index (χ0n) is 20.6. The number of rotatable bonds is 6. The number of aryl methyl sites for hydroxylation is 2. The van der Waals surface area contributed by atoms with Gasteiger partial charge in [-0.2, -0.15) is 0 Å². The molecule has 0 aliphatic rings. The van der Waals surface area contributed by atoms with Crippen LogP contribution in [0.5, 0.6) is 11.5 Å². The van der Waals surface area contributed by atoms with E-state index >= 15 is 0 Å². The van der Waals surface area contributed by atoms with E-state index in [1.807, 2.05) is 12.1 Å². The molecule has 0 N–H and O–H groups in total. The Labute approximate surface area is 199 Å². The second-order valence-corrected chi connectivity index (χ2v) is 10.1. The fourth-order valence-corrected chi connectivity index (χ4v) is 4.29. The first-order valence-corrected chi connectivity index (χ1v) is 11.7. The Bertz CT molecular complexity index is 1190. The van der Waals surface area contributed by atoms with Crippen LogP contribution < -0.4 is 4.74 Å². The Morgan fingerprint density at radius 1 is 0.394 bits per heavy atom. The average molecular weight is 435 g/mol. The Morgan fingerprint density at radius 3 is 1.00 bits per heavy atom. The van der Waals surface area contributed by atoms with Crippen LogP contribution in [-0.4, -0.2) is 0 Å². The average Bonchev–Trinajstić information content (AvgIpc) is 2.81. The summed E-state index contributed by atoms with van der Waals surface area (Å²) >= 11 is 0. The van der Waals surface area contributed by atoms with Gasteiger partial charge in [-0.1, -0.05) is 112 Å². The molecule has 0 atom stereocenters. The van der Waals surface area contributed by atoms with E-state index in [1.165, 1.54) is 33.4 Å². The first kappa shape index (κ1) is 22.9. The predicted octanol–water partition coefficient (Wildman–Crippen LogP) is 8.75. The van der Waals surface area contributed by atoms with Crippen molar-refractivity contribution in [2.24, 2.45) is 0 Å². The van der Waals surface area contributed by atoms with Crippen molar-refractivity contribution in [1.82, 2.24) is 0 Å². The van der Waals surface area contributed by atoms with Gasteiger partial charge in [-0.05, 0) is 60.4 Å². The molecule has 0 fully saturated rings. The topological polar surface area (TPSA) is 9.23 Å². The van der Waals surface area contributed by atoms with E-state index in [4.69, 9.17) is 4.74 Å². The zero-order valence-corrected chi connectivity index (χ0v) is 20.6. The summed E-state index contributed by atoms with van der Waals surface area (Å²) < 4.78 is 6.01. The molecule has 0 heterocycles. The van der Waals surface area contributed by atoms with Crippen LogP contribution in [0.4, 0.5) is 0 Å². The van der Waals surface area contributed by atoms with Gasteiger partial charge < -0.3 is 4.74 Å². The lowest BCUT2D eigenvalue weighted by molar-refractivity contribution is 0.481. The highest BCUT2D eigenvalue weighted by molar-refractivity contribution is 5.45. The third kappa shape index (κ3) is 4.88. The van der Waals surface area contributed by atoms with Crippen molar-refractivity contribution in [3.8, 4) is 11.5 Å². The van der Waals surface area contributed by atoms with Gasteiger partial charge in [-0.15, -0.1) is 0 Å². The lowest BCUT2D eigenvalue weighted by Crippen LogP contribution is -2.21. The monoisotopic (exact) mass is 434 g/mol. The number of benzene rings is 4. The lowest BCUT2D eigenvalue weighted by Gasteiger charge is -2.29. The van der Waals surface area contributed by atoms with E-state index in [1.54, 1.807) is 0 Å². The quantitative estimate of drug-likeness (QED) is 0.295. The first-order chi connectivity index (χ1) is 15.7. The highest BCUT2D eigenvalue weighted by Crippen LogP contribution is 2.36. The second kappa shape index (κ2) is 8.90. The van der Waals surface area contributed by atoms with Gasteiger partial charge in [0.25, 0.3) is 0 Å². The summed E-state index contributed by atoms with van der Waals surface area (Å²) in [5, 5.41) is 0. The summed E-state index contributed by atoms with van der Waals surface area (Å²) in [6.45, 7) is 13.4. The van der Waals surface area contributed by atoms with E-state index in [-0.39, 0.29) is 10.8 Å². The zero-order chi connectivity index (χ0) is 23.6. The molecule has 0 saturated heterocycles. The molecule has 0 spiro atoms. The van der Waals surface area contributed by atoms with E-state index in [9.17, 15) is 0 Å². The maximum absolute atomic E-state index is 6.01. The van der Waals surface area contributed by atoms with Crippen molar-refractivity contribution in [3.63, 3.8) is 0 Å². The minimum absolute atomic E-state index is 0.0364. The third-order valence-electron chi connectivity index (χ3n) is 6.93. The molecule has 0 saturated carbocycles. The molecule has 0 unspecified atom stereocenters. The normalized spacial score (nSPS) is 11.9. The van der Waals surface area contributed by atoms with Crippen LogP contribution >= 0.6 is 0 Å². The van der Waals surface area contributed by atoms with Gasteiger partial charge in [0, 0.05) is 10.8 Å². The van der Waals surface area contributed by atoms with Gasteiger partial charge in [-0.3, -0.25) is 0 Å². The maximum atomic E-state index is 6.01. The molecule has 4 rings (SSSR count). The molecule has 0 aliphatic carbocycles. The standard InChI is InChI=1S/C32H34O/c1-23-7-11-25(12-8-23)31(3,4)26-13-15-27(16-14-26)32(5,6)28-17-21-30(22-18-28)33-29-19-9-24(2)10-20-29/h7-22H,1-6H3. The lowest BCUT2D eigenvalue weighted by atomic mass is 9.74. The molecule has 168 valence electrons. The van der Waals surface area contributed by atoms with Crippen molar-refractivity contribution in [2.75, 3.05) is 0 Å². The SMILES string of the molecule is Cc1ccc(Oc2ccc(C(C)(C)c3ccc(C(C)(C)c4ccc(C)cc4)cc3)cc2)cc1. The first-order valence-electron chi connectivity index (χ1n) is 11.7. The summed E-state index contributed by atoms with van der Waals surface area (Å²) in [5.74, 6) is 1.72. The smallest absolute Gasteiger partial charge is 0.127 e. The van der Waals surface area contributed by atoms with E-state index < -0.39 is 0 Å². The van der Waals surface area contributed by atoms with E-state index in [0.29, 0.717) is 0 Å².